The molecule has 0 aliphatic carbocycles. The summed E-state index contributed by atoms with van der Waals surface area (Å²) >= 11 is 0. The normalized spacial score (nSPS) is 11.8. The summed E-state index contributed by atoms with van der Waals surface area (Å²) in [5, 5.41) is 7.22. The lowest BCUT2D eigenvalue weighted by Gasteiger charge is -2.25. The monoisotopic (exact) mass is 622 g/mol. The summed E-state index contributed by atoms with van der Waals surface area (Å²) in [7, 11) is 0. The molecule has 10 rings (SSSR count). The molecule has 0 aromatic heterocycles. The van der Waals surface area contributed by atoms with Crippen LogP contribution < -0.4 is 4.74 Å². The van der Waals surface area contributed by atoms with Crippen molar-refractivity contribution in [1.82, 2.24) is 0 Å². The van der Waals surface area contributed by atoms with E-state index < -0.39 is 0 Å². The Labute approximate surface area is 285 Å². The molecule has 1 nitrogen and oxygen atoms in total. The van der Waals surface area contributed by atoms with Crippen molar-refractivity contribution in [3.8, 4) is 67.1 Å². The van der Waals surface area contributed by atoms with Crippen LogP contribution in [0.5, 0.6) is 11.5 Å². The van der Waals surface area contributed by atoms with Gasteiger partial charge in [0.15, 0.2) is 0 Å². The van der Waals surface area contributed by atoms with Gasteiger partial charge in [-0.05, 0) is 71.9 Å². The minimum Gasteiger partial charge on any atom is -0.455 e. The number of rotatable bonds is 4. The van der Waals surface area contributed by atoms with E-state index in [0.717, 1.165) is 22.6 Å². The van der Waals surface area contributed by atoms with E-state index in [-0.39, 0.29) is 0 Å². The smallest absolute Gasteiger partial charge is 0.143 e. The largest absolute Gasteiger partial charge is 0.455 e. The van der Waals surface area contributed by atoms with E-state index in [0.29, 0.717) is 0 Å². The fraction of sp³-hybridized carbons (Fsp3) is 0. The molecule has 0 atom stereocenters. The Hall–Kier alpha value is -6.44. The van der Waals surface area contributed by atoms with Crippen LogP contribution in [0.2, 0.25) is 0 Å². The van der Waals surface area contributed by atoms with Gasteiger partial charge in [-0.15, -0.1) is 0 Å². The molecule has 0 radical (unpaired) electrons. The molecule has 9 aromatic carbocycles. The third-order valence-corrected chi connectivity index (χ3v) is 10.1. The number of hydrogen-bond acceptors (Lipinski definition) is 1. The van der Waals surface area contributed by atoms with Crippen molar-refractivity contribution in [2.75, 3.05) is 0 Å². The van der Waals surface area contributed by atoms with Crippen molar-refractivity contribution in [3.63, 3.8) is 0 Å². The van der Waals surface area contributed by atoms with Crippen LogP contribution in [0.15, 0.2) is 182 Å². The Morgan fingerprint density at radius 2 is 0.735 bits per heavy atom. The highest BCUT2D eigenvalue weighted by Gasteiger charge is 2.26. The maximum Gasteiger partial charge on any atom is 0.143 e. The predicted octanol–water partition coefficient (Wildman–Crippen LogP) is 13.6. The SMILES string of the molecule is c1ccc(-c2ccccc2-c2ccccc2-c2c3ccccc3c(-c3cccc4c3Oc3cccc5cccc-4c35)c3ccccc23)cc1. The van der Waals surface area contributed by atoms with Gasteiger partial charge >= 0.3 is 0 Å². The van der Waals surface area contributed by atoms with Crippen LogP contribution in [0.1, 0.15) is 0 Å². The van der Waals surface area contributed by atoms with Gasteiger partial charge in [0.25, 0.3) is 0 Å². The molecule has 49 heavy (non-hydrogen) atoms. The highest BCUT2D eigenvalue weighted by Crippen LogP contribution is 2.53. The minimum atomic E-state index is 0.907. The summed E-state index contributed by atoms with van der Waals surface area (Å²) in [6, 6.07) is 65.6. The fourth-order valence-corrected chi connectivity index (χ4v) is 8.01. The molecule has 9 aromatic rings. The second-order valence-corrected chi connectivity index (χ2v) is 12.7. The molecule has 0 fully saturated rings. The number of ether oxygens (including phenoxy) is 1. The van der Waals surface area contributed by atoms with Gasteiger partial charge in [-0.1, -0.05) is 176 Å². The van der Waals surface area contributed by atoms with Crippen LogP contribution >= 0.6 is 0 Å². The first kappa shape index (κ1) is 27.7. The van der Waals surface area contributed by atoms with Crippen LogP contribution in [0.4, 0.5) is 0 Å². The summed E-state index contributed by atoms with van der Waals surface area (Å²) in [6.45, 7) is 0. The topological polar surface area (TPSA) is 9.23 Å². The van der Waals surface area contributed by atoms with E-state index >= 15 is 0 Å². The molecule has 228 valence electrons. The van der Waals surface area contributed by atoms with Crippen LogP contribution in [-0.4, -0.2) is 0 Å². The van der Waals surface area contributed by atoms with Gasteiger partial charge in [0.1, 0.15) is 11.5 Å². The lowest BCUT2D eigenvalue weighted by Crippen LogP contribution is -2.00. The van der Waals surface area contributed by atoms with Crippen molar-refractivity contribution in [2.24, 2.45) is 0 Å². The molecular weight excluding hydrogens is 593 g/mol. The van der Waals surface area contributed by atoms with Crippen molar-refractivity contribution < 1.29 is 4.74 Å². The van der Waals surface area contributed by atoms with Crippen molar-refractivity contribution in [2.45, 2.75) is 0 Å². The Kier molecular flexibility index (Phi) is 6.25. The first-order valence-electron chi connectivity index (χ1n) is 16.9. The third-order valence-electron chi connectivity index (χ3n) is 10.1. The Morgan fingerprint density at radius 1 is 0.286 bits per heavy atom. The molecule has 0 saturated heterocycles. The molecule has 0 saturated carbocycles. The van der Waals surface area contributed by atoms with Crippen LogP contribution in [-0.2, 0) is 0 Å². The van der Waals surface area contributed by atoms with E-state index in [2.05, 4.69) is 182 Å². The maximum atomic E-state index is 6.88. The predicted molar refractivity (Wildman–Crippen MR) is 206 cm³/mol. The quantitative estimate of drug-likeness (QED) is 0.177. The summed E-state index contributed by atoms with van der Waals surface area (Å²) < 4.78 is 6.88. The Morgan fingerprint density at radius 3 is 1.41 bits per heavy atom. The first-order valence-corrected chi connectivity index (χ1v) is 16.9. The van der Waals surface area contributed by atoms with E-state index in [1.54, 1.807) is 0 Å². The Bertz CT molecular complexity index is 2680. The molecule has 1 heteroatoms. The molecule has 0 spiro atoms. The van der Waals surface area contributed by atoms with Crippen molar-refractivity contribution in [1.29, 1.82) is 0 Å². The molecule has 0 unspecified atom stereocenters. The molecule has 0 N–H and O–H groups in total. The van der Waals surface area contributed by atoms with Gasteiger partial charge in [0, 0.05) is 22.1 Å². The van der Waals surface area contributed by atoms with Crippen molar-refractivity contribution in [3.05, 3.63) is 182 Å². The third kappa shape index (κ3) is 4.26. The molecule has 1 aliphatic heterocycles. The zero-order chi connectivity index (χ0) is 32.3. The summed E-state index contributed by atoms with van der Waals surface area (Å²) in [4.78, 5) is 0. The Balaban J connectivity index is 1.27. The van der Waals surface area contributed by atoms with E-state index in [4.69, 9.17) is 4.74 Å². The standard InChI is InChI=1S/C48H30O/c1-2-15-31(16-3-1)33-19-4-5-20-34(33)35-21-6-7-22-36(35)46-37-23-8-10-25-39(37)47(40-26-11-9-24-38(40)46)43-29-14-28-42-41-27-12-17-32-18-13-30-44(45(32)41)49-48(42)43/h1-30H. The molecule has 0 amide bonds. The van der Waals surface area contributed by atoms with Gasteiger partial charge in [0.2, 0.25) is 0 Å². The summed E-state index contributed by atoms with van der Waals surface area (Å²) in [5.41, 5.74) is 12.0. The zero-order valence-corrected chi connectivity index (χ0v) is 26.7. The van der Waals surface area contributed by atoms with Crippen molar-refractivity contribution >= 4 is 32.3 Å². The van der Waals surface area contributed by atoms with E-state index in [1.165, 1.54) is 76.8 Å². The second kappa shape index (κ2) is 11.1. The van der Waals surface area contributed by atoms with E-state index in [9.17, 15) is 0 Å². The molecule has 1 aliphatic rings. The number of benzene rings is 9. The number of hydrogen-bond donors (Lipinski definition) is 0. The first-order chi connectivity index (χ1) is 24.3. The van der Waals surface area contributed by atoms with Gasteiger partial charge in [0.05, 0.1) is 0 Å². The lowest BCUT2D eigenvalue weighted by atomic mass is 9.82. The van der Waals surface area contributed by atoms with Gasteiger partial charge < -0.3 is 4.74 Å². The molecular formula is C48H30O. The van der Waals surface area contributed by atoms with Crippen LogP contribution in [0, 0.1) is 0 Å². The van der Waals surface area contributed by atoms with Gasteiger partial charge in [-0.2, -0.15) is 0 Å². The minimum absolute atomic E-state index is 0.907. The fourth-order valence-electron chi connectivity index (χ4n) is 8.01. The second-order valence-electron chi connectivity index (χ2n) is 12.7. The highest BCUT2D eigenvalue weighted by atomic mass is 16.5. The average Bonchev–Trinajstić information content (AvgIpc) is 3.17. The van der Waals surface area contributed by atoms with Gasteiger partial charge in [-0.3, -0.25) is 0 Å². The van der Waals surface area contributed by atoms with Crippen LogP contribution in [0.25, 0.3) is 88.0 Å². The number of fused-ring (bicyclic) bond motifs is 4. The highest BCUT2D eigenvalue weighted by molar-refractivity contribution is 6.23. The summed E-state index contributed by atoms with van der Waals surface area (Å²) in [5.74, 6) is 1.82. The number of para-hydroxylation sites is 1. The van der Waals surface area contributed by atoms with E-state index in [1.807, 2.05) is 0 Å². The zero-order valence-electron chi connectivity index (χ0n) is 26.7. The van der Waals surface area contributed by atoms with Crippen LogP contribution in [0.3, 0.4) is 0 Å². The lowest BCUT2D eigenvalue weighted by molar-refractivity contribution is 0.489. The maximum absolute atomic E-state index is 6.88. The molecule has 0 bridgehead atoms. The summed E-state index contributed by atoms with van der Waals surface area (Å²) in [6.07, 6.45) is 0. The van der Waals surface area contributed by atoms with Gasteiger partial charge in [-0.25, -0.2) is 0 Å². The average molecular weight is 623 g/mol. The molecule has 1 heterocycles.